The first kappa shape index (κ1) is 11.0. The summed E-state index contributed by atoms with van der Waals surface area (Å²) in [7, 11) is 0. The fraction of sp³-hybridized carbons (Fsp3) is 0.364. The average Bonchev–Trinajstić information content (AvgIpc) is 2.97. The molecule has 86 valence electrons. The normalized spacial score (nSPS) is 17.2. The Labute approximate surface area is 90.9 Å². The van der Waals surface area contributed by atoms with Crippen LogP contribution in [0.1, 0.15) is 28.8 Å². The summed E-state index contributed by atoms with van der Waals surface area (Å²) < 4.78 is 27.3. The number of carboxylic acids is 1. The number of hydrogen-bond acceptors (Lipinski definition) is 2. The van der Waals surface area contributed by atoms with E-state index in [4.69, 9.17) is 10.8 Å². The molecular weight excluding hydrogens is 216 g/mol. The molecule has 0 aromatic heterocycles. The summed E-state index contributed by atoms with van der Waals surface area (Å²) in [5.41, 5.74) is 4.41. The number of benzene rings is 1. The lowest BCUT2D eigenvalue weighted by Gasteiger charge is -2.15. The lowest BCUT2D eigenvalue weighted by atomic mass is 9.94. The van der Waals surface area contributed by atoms with Gasteiger partial charge in [0.05, 0.1) is 5.56 Å². The van der Waals surface area contributed by atoms with E-state index in [0.29, 0.717) is 12.8 Å². The molecule has 0 atom stereocenters. The number of halogens is 2. The Hall–Kier alpha value is -1.49. The van der Waals surface area contributed by atoms with Crippen LogP contribution in [0.25, 0.3) is 0 Å². The molecule has 0 heterocycles. The van der Waals surface area contributed by atoms with Gasteiger partial charge in [-0.15, -0.1) is 0 Å². The van der Waals surface area contributed by atoms with Gasteiger partial charge in [-0.25, -0.2) is 13.6 Å². The van der Waals surface area contributed by atoms with E-state index in [2.05, 4.69) is 0 Å². The SMILES string of the molecule is NCC1(c2c(F)cc(C(=O)O)cc2F)CC1. The molecule has 0 aliphatic heterocycles. The molecule has 0 unspecified atom stereocenters. The molecule has 16 heavy (non-hydrogen) atoms. The van der Waals surface area contributed by atoms with Crippen molar-refractivity contribution in [3.8, 4) is 0 Å². The van der Waals surface area contributed by atoms with Crippen LogP contribution in [0.2, 0.25) is 0 Å². The van der Waals surface area contributed by atoms with Gasteiger partial charge < -0.3 is 10.8 Å². The number of aromatic carboxylic acids is 1. The van der Waals surface area contributed by atoms with Gasteiger partial charge in [0.1, 0.15) is 11.6 Å². The van der Waals surface area contributed by atoms with Crippen molar-refractivity contribution in [3.05, 3.63) is 34.9 Å². The van der Waals surface area contributed by atoms with Crippen LogP contribution in [0.15, 0.2) is 12.1 Å². The van der Waals surface area contributed by atoms with Crippen molar-refractivity contribution in [2.24, 2.45) is 5.73 Å². The molecule has 1 aromatic rings. The van der Waals surface area contributed by atoms with Crippen LogP contribution >= 0.6 is 0 Å². The van der Waals surface area contributed by atoms with Crippen molar-refractivity contribution in [3.63, 3.8) is 0 Å². The Morgan fingerprint density at radius 1 is 1.38 bits per heavy atom. The van der Waals surface area contributed by atoms with Gasteiger partial charge in [-0.2, -0.15) is 0 Å². The van der Waals surface area contributed by atoms with E-state index in [1.54, 1.807) is 0 Å². The predicted octanol–water partition coefficient (Wildman–Crippen LogP) is 1.65. The zero-order chi connectivity index (χ0) is 11.9. The van der Waals surface area contributed by atoms with E-state index in [9.17, 15) is 13.6 Å². The first-order valence-corrected chi connectivity index (χ1v) is 4.93. The van der Waals surface area contributed by atoms with E-state index in [-0.39, 0.29) is 17.7 Å². The van der Waals surface area contributed by atoms with Crippen LogP contribution in [0.3, 0.4) is 0 Å². The van der Waals surface area contributed by atoms with Crippen molar-refractivity contribution < 1.29 is 18.7 Å². The molecule has 1 aromatic carbocycles. The molecule has 1 aliphatic rings. The van der Waals surface area contributed by atoms with E-state index in [1.807, 2.05) is 0 Å². The van der Waals surface area contributed by atoms with Crippen molar-refractivity contribution in [1.82, 2.24) is 0 Å². The monoisotopic (exact) mass is 227 g/mol. The fourth-order valence-electron chi connectivity index (χ4n) is 1.91. The molecule has 1 fully saturated rings. The van der Waals surface area contributed by atoms with Crippen molar-refractivity contribution in [1.29, 1.82) is 0 Å². The van der Waals surface area contributed by atoms with Gasteiger partial charge >= 0.3 is 5.97 Å². The van der Waals surface area contributed by atoms with E-state index in [0.717, 1.165) is 12.1 Å². The van der Waals surface area contributed by atoms with Crippen molar-refractivity contribution in [2.45, 2.75) is 18.3 Å². The number of carboxylic acid groups (broad SMARTS) is 1. The summed E-state index contributed by atoms with van der Waals surface area (Å²) in [6, 6.07) is 1.69. The third-order valence-corrected chi connectivity index (χ3v) is 3.06. The molecule has 1 saturated carbocycles. The van der Waals surface area contributed by atoms with Crippen molar-refractivity contribution in [2.75, 3.05) is 6.54 Å². The predicted molar refractivity (Wildman–Crippen MR) is 53.3 cm³/mol. The second kappa shape index (κ2) is 3.52. The minimum Gasteiger partial charge on any atom is -0.478 e. The molecule has 0 amide bonds. The summed E-state index contributed by atoms with van der Waals surface area (Å²) in [6.07, 6.45) is 1.29. The highest BCUT2D eigenvalue weighted by Crippen LogP contribution is 2.49. The van der Waals surface area contributed by atoms with Crippen LogP contribution < -0.4 is 5.73 Å². The van der Waals surface area contributed by atoms with Gasteiger partial charge in [-0.05, 0) is 25.0 Å². The Morgan fingerprint density at radius 2 is 1.88 bits per heavy atom. The van der Waals surface area contributed by atoms with E-state index >= 15 is 0 Å². The number of nitrogens with two attached hydrogens (primary N) is 1. The molecule has 0 radical (unpaired) electrons. The average molecular weight is 227 g/mol. The van der Waals surface area contributed by atoms with Gasteiger partial charge in [0.15, 0.2) is 0 Å². The van der Waals surface area contributed by atoms with E-state index in [1.165, 1.54) is 0 Å². The molecule has 0 bridgehead atoms. The van der Waals surface area contributed by atoms with Gasteiger partial charge in [0, 0.05) is 17.5 Å². The van der Waals surface area contributed by atoms with Crippen LogP contribution in [0.5, 0.6) is 0 Å². The second-order valence-electron chi connectivity index (χ2n) is 4.10. The molecule has 2 rings (SSSR count). The van der Waals surface area contributed by atoms with Crippen LogP contribution in [0.4, 0.5) is 8.78 Å². The summed E-state index contributed by atoms with van der Waals surface area (Å²) in [6.45, 7) is 0.174. The van der Waals surface area contributed by atoms with Gasteiger partial charge in [-0.1, -0.05) is 0 Å². The number of hydrogen-bond donors (Lipinski definition) is 2. The van der Waals surface area contributed by atoms with Gasteiger partial charge in [0.25, 0.3) is 0 Å². The first-order valence-electron chi connectivity index (χ1n) is 4.93. The molecular formula is C11H11F2NO2. The summed E-state index contributed by atoms with van der Waals surface area (Å²) in [4.78, 5) is 10.6. The maximum absolute atomic E-state index is 13.6. The maximum Gasteiger partial charge on any atom is 0.335 e. The minimum absolute atomic E-state index is 0.0694. The topological polar surface area (TPSA) is 63.3 Å². The molecule has 3 N–H and O–H groups in total. The lowest BCUT2D eigenvalue weighted by Crippen LogP contribution is -2.23. The standard InChI is InChI=1S/C11H11F2NO2/c12-7-3-6(10(15)16)4-8(13)9(7)11(5-14)1-2-11/h3-4H,1-2,5,14H2,(H,15,16). The molecule has 0 saturated heterocycles. The van der Waals surface area contributed by atoms with Crippen LogP contribution in [-0.2, 0) is 5.41 Å². The highest BCUT2D eigenvalue weighted by atomic mass is 19.1. The molecule has 5 heteroatoms. The zero-order valence-corrected chi connectivity index (χ0v) is 8.46. The largest absolute Gasteiger partial charge is 0.478 e. The Balaban J connectivity index is 2.52. The Bertz CT molecular complexity index is 432. The smallest absolute Gasteiger partial charge is 0.335 e. The number of rotatable bonds is 3. The van der Waals surface area contributed by atoms with Crippen LogP contribution in [0, 0.1) is 11.6 Å². The highest BCUT2D eigenvalue weighted by molar-refractivity contribution is 5.87. The Kier molecular flexibility index (Phi) is 2.42. The van der Waals surface area contributed by atoms with Gasteiger partial charge in [-0.3, -0.25) is 0 Å². The molecule has 3 nitrogen and oxygen atoms in total. The lowest BCUT2D eigenvalue weighted by molar-refractivity contribution is 0.0695. The second-order valence-corrected chi connectivity index (χ2v) is 4.10. The third kappa shape index (κ3) is 1.57. The quantitative estimate of drug-likeness (QED) is 0.825. The maximum atomic E-state index is 13.6. The first-order chi connectivity index (χ1) is 7.50. The minimum atomic E-state index is -1.35. The van der Waals surface area contributed by atoms with E-state index < -0.39 is 23.0 Å². The number of carbonyl (C=O) groups is 1. The highest BCUT2D eigenvalue weighted by Gasteiger charge is 2.46. The fourth-order valence-corrected chi connectivity index (χ4v) is 1.91. The summed E-state index contributed by atoms with van der Waals surface area (Å²) in [5, 5.41) is 8.64. The Morgan fingerprint density at radius 3 is 2.19 bits per heavy atom. The van der Waals surface area contributed by atoms with Gasteiger partial charge in [0.2, 0.25) is 0 Å². The third-order valence-electron chi connectivity index (χ3n) is 3.06. The van der Waals surface area contributed by atoms with Crippen LogP contribution in [-0.4, -0.2) is 17.6 Å². The van der Waals surface area contributed by atoms with Crippen molar-refractivity contribution >= 4 is 5.97 Å². The zero-order valence-electron chi connectivity index (χ0n) is 8.46. The summed E-state index contributed by atoms with van der Waals surface area (Å²) >= 11 is 0. The molecule has 1 aliphatic carbocycles. The molecule has 0 spiro atoms. The summed E-state index contributed by atoms with van der Waals surface area (Å²) in [5.74, 6) is -2.98.